The number of rotatable bonds is 5. The zero-order chi connectivity index (χ0) is 17.1. The number of methoxy groups -OCH3 is 2. The lowest BCUT2D eigenvalue weighted by Crippen LogP contribution is -2.30. The van der Waals surface area contributed by atoms with Crippen LogP contribution in [0.15, 0.2) is 18.2 Å². The number of carbonyl (C=O) groups is 1. The molecule has 1 amide bonds. The van der Waals surface area contributed by atoms with Gasteiger partial charge < -0.3 is 14.4 Å². The lowest BCUT2D eigenvalue weighted by atomic mass is 10.0. The van der Waals surface area contributed by atoms with Crippen molar-refractivity contribution >= 4 is 5.91 Å². The molecule has 6 nitrogen and oxygen atoms in total. The Bertz CT molecular complexity index is 690. The van der Waals surface area contributed by atoms with Crippen molar-refractivity contribution in [1.82, 2.24) is 15.1 Å². The van der Waals surface area contributed by atoms with Crippen LogP contribution in [0, 0.1) is 13.8 Å². The van der Waals surface area contributed by atoms with E-state index in [-0.39, 0.29) is 11.9 Å². The molecule has 0 bridgehead atoms. The SMILES string of the molecule is COc1cccc(C(=O)N(C)C(C)c2c(C)n[nH]c2C)c1OC. The molecule has 0 saturated heterocycles. The van der Waals surface area contributed by atoms with Crippen molar-refractivity contribution in [2.75, 3.05) is 21.3 Å². The zero-order valence-electron chi connectivity index (χ0n) is 14.4. The Balaban J connectivity index is 2.37. The Labute approximate surface area is 136 Å². The molecule has 1 atom stereocenters. The molecule has 1 aromatic carbocycles. The van der Waals surface area contributed by atoms with E-state index in [4.69, 9.17) is 9.47 Å². The molecule has 0 fully saturated rings. The Morgan fingerprint density at radius 3 is 2.48 bits per heavy atom. The van der Waals surface area contributed by atoms with E-state index in [0.717, 1.165) is 17.0 Å². The predicted molar refractivity (Wildman–Crippen MR) is 88.1 cm³/mol. The number of H-pyrrole nitrogens is 1. The normalized spacial score (nSPS) is 11.9. The van der Waals surface area contributed by atoms with E-state index in [2.05, 4.69) is 10.2 Å². The van der Waals surface area contributed by atoms with E-state index in [0.29, 0.717) is 17.1 Å². The number of aromatic nitrogens is 2. The molecule has 1 unspecified atom stereocenters. The second-order valence-corrected chi connectivity index (χ2v) is 5.48. The van der Waals surface area contributed by atoms with Crippen LogP contribution in [0.25, 0.3) is 0 Å². The fourth-order valence-corrected chi connectivity index (χ4v) is 2.79. The third-order valence-corrected chi connectivity index (χ3v) is 4.14. The van der Waals surface area contributed by atoms with Gasteiger partial charge in [-0.1, -0.05) is 6.07 Å². The third kappa shape index (κ3) is 3.02. The Morgan fingerprint density at radius 1 is 1.26 bits per heavy atom. The van der Waals surface area contributed by atoms with E-state index in [1.807, 2.05) is 20.8 Å². The number of para-hydroxylation sites is 1. The average Bonchev–Trinajstić information content (AvgIpc) is 2.90. The molecule has 0 aliphatic heterocycles. The summed E-state index contributed by atoms with van der Waals surface area (Å²) in [5.74, 6) is 0.850. The molecular weight excluding hydrogens is 294 g/mol. The first-order chi connectivity index (χ1) is 10.9. The number of carbonyl (C=O) groups excluding carboxylic acids is 1. The van der Waals surface area contributed by atoms with E-state index in [1.54, 1.807) is 37.3 Å². The summed E-state index contributed by atoms with van der Waals surface area (Å²) in [6.07, 6.45) is 0. The van der Waals surface area contributed by atoms with Crippen molar-refractivity contribution in [3.8, 4) is 11.5 Å². The minimum Gasteiger partial charge on any atom is -0.493 e. The van der Waals surface area contributed by atoms with Crippen LogP contribution in [0.4, 0.5) is 0 Å². The number of hydrogen-bond donors (Lipinski definition) is 1. The van der Waals surface area contributed by atoms with Gasteiger partial charge in [0.05, 0.1) is 31.5 Å². The number of nitrogens with one attached hydrogen (secondary N) is 1. The van der Waals surface area contributed by atoms with Gasteiger partial charge in [-0.2, -0.15) is 5.10 Å². The van der Waals surface area contributed by atoms with Gasteiger partial charge in [0.2, 0.25) is 0 Å². The molecule has 1 N–H and O–H groups in total. The van der Waals surface area contributed by atoms with Crippen molar-refractivity contribution in [3.05, 3.63) is 40.7 Å². The molecule has 2 aromatic rings. The van der Waals surface area contributed by atoms with Gasteiger partial charge >= 0.3 is 0 Å². The smallest absolute Gasteiger partial charge is 0.258 e. The molecule has 2 rings (SSSR count). The molecule has 0 aliphatic carbocycles. The Morgan fingerprint density at radius 2 is 1.96 bits per heavy atom. The minimum absolute atomic E-state index is 0.114. The first-order valence-electron chi connectivity index (χ1n) is 7.42. The Kier molecular flexibility index (Phi) is 4.93. The lowest BCUT2D eigenvalue weighted by Gasteiger charge is -2.26. The van der Waals surface area contributed by atoms with Gasteiger partial charge in [-0.15, -0.1) is 0 Å². The second kappa shape index (κ2) is 6.73. The van der Waals surface area contributed by atoms with Crippen LogP contribution < -0.4 is 9.47 Å². The van der Waals surface area contributed by atoms with Crippen molar-refractivity contribution in [2.45, 2.75) is 26.8 Å². The summed E-state index contributed by atoms with van der Waals surface area (Å²) >= 11 is 0. The topological polar surface area (TPSA) is 67.5 Å². The summed E-state index contributed by atoms with van der Waals surface area (Å²) in [6.45, 7) is 5.87. The molecular formula is C17H23N3O3. The van der Waals surface area contributed by atoms with E-state index in [9.17, 15) is 4.79 Å². The average molecular weight is 317 g/mol. The predicted octanol–water partition coefficient (Wildman–Crippen LogP) is 2.88. The van der Waals surface area contributed by atoms with Crippen LogP contribution in [0.5, 0.6) is 11.5 Å². The molecule has 0 aliphatic rings. The van der Waals surface area contributed by atoms with Gasteiger partial charge in [0.25, 0.3) is 5.91 Å². The van der Waals surface area contributed by atoms with Crippen molar-refractivity contribution in [3.63, 3.8) is 0 Å². The molecule has 124 valence electrons. The summed E-state index contributed by atoms with van der Waals surface area (Å²) in [4.78, 5) is 14.6. The van der Waals surface area contributed by atoms with Crippen molar-refractivity contribution < 1.29 is 14.3 Å². The molecule has 1 heterocycles. The second-order valence-electron chi connectivity index (χ2n) is 5.48. The first kappa shape index (κ1) is 16.9. The third-order valence-electron chi connectivity index (χ3n) is 4.14. The van der Waals surface area contributed by atoms with Gasteiger partial charge in [0.15, 0.2) is 11.5 Å². The quantitative estimate of drug-likeness (QED) is 0.921. The summed E-state index contributed by atoms with van der Waals surface area (Å²) in [5, 5.41) is 7.16. The number of nitrogens with zero attached hydrogens (tertiary/aromatic N) is 2. The first-order valence-corrected chi connectivity index (χ1v) is 7.42. The van der Waals surface area contributed by atoms with Crippen LogP contribution in [-0.4, -0.2) is 42.3 Å². The van der Waals surface area contributed by atoms with Crippen molar-refractivity contribution in [1.29, 1.82) is 0 Å². The number of ether oxygens (including phenoxy) is 2. The van der Waals surface area contributed by atoms with Crippen LogP contribution in [0.2, 0.25) is 0 Å². The molecule has 1 aromatic heterocycles. The van der Waals surface area contributed by atoms with E-state index >= 15 is 0 Å². The van der Waals surface area contributed by atoms with Gasteiger partial charge in [-0.25, -0.2) is 0 Å². The highest BCUT2D eigenvalue weighted by atomic mass is 16.5. The fourth-order valence-electron chi connectivity index (χ4n) is 2.79. The highest BCUT2D eigenvalue weighted by molar-refractivity contribution is 5.98. The lowest BCUT2D eigenvalue weighted by molar-refractivity contribution is 0.0738. The van der Waals surface area contributed by atoms with E-state index < -0.39 is 0 Å². The van der Waals surface area contributed by atoms with Crippen LogP contribution in [-0.2, 0) is 0 Å². The molecule has 0 saturated carbocycles. The molecule has 0 radical (unpaired) electrons. The van der Waals surface area contributed by atoms with Gasteiger partial charge in [-0.3, -0.25) is 9.89 Å². The number of benzene rings is 1. The molecule has 0 spiro atoms. The highest BCUT2D eigenvalue weighted by Crippen LogP contribution is 2.33. The van der Waals surface area contributed by atoms with Crippen LogP contribution >= 0.6 is 0 Å². The maximum Gasteiger partial charge on any atom is 0.258 e. The summed E-state index contributed by atoms with van der Waals surface area (Å²) in [6, 6.07) is 5.17. The Hall–Kier alpha value is -2.50. The highest BCUT2D eigenvalue weighted by Gasteiger charge is 2.26. The minimum atomic E-state index is -0.131. The largest absolute Gasteiger partial charge is 0.493 e. The number of aromatic amines is 1. The maximum absolute atomic E-state index is 12.9. The van der Waals surface area contributed by atoms with Gasteiger partial charge in [0.1, 0.15) is 0 Å². The fraction of sp³-hybridized carbons (Fsp3) is 0.412. The summed E-state index contributed by atoms with van der Waals surface area (Å²) < 4.78 is 10.6. The molecule has 23 heavy (non-hydrogen) atoms. The van der Waals surface area contributed by atoms with Crippen LogP contribution in [0.3, 0.4) is 0 Å². The number of aryl methyl sites for hydroxylation is 2. The standard InChI is InChI=1S/C17H23N3O3/c1-10-15(11(2)19-18-10)12(3)20(4)17(21)13-8-7-9-14(22-5)16(13)23-6/h7-9,12H,1-6H3,(H,18,19). The number of amides is 1. The van der Waals surface area contributed by atoms with Crippen LogP contribution in [0.1, 0.15) is 40.3 Å². The van der Waals surface area contributed by atoms with Gasteiger partial charge in [0, 0.05) is 18.3 Å². The van der Waals surface area contributed by atoms with Crippen molar-refractivity contribution in [2.24, 2.45) is 0 Å². The molecule has 6 heteroatoms. The maximum atomic E-state index is 12.9. The zero-order valence-corrected chi connectivity index (χ0v) is 14.4. The summed E-state index contributed by atoms with van der Waals surface area (Å²) in [7, 11) is 4.86. The monoisotopic (exact) mass is 317 g/mol. The number of hydrogen-bond acceptors (Lipinski definition) is 4. The van der Waals surface area contributed by atoms with E-state index in [1.165, 1.54) is 7.11 Å². The summed E-state index contributed by atoms with van der Waals surface area (Å²) in [5.41, 5.74) is 3.36. The van der Waals surface area contributed by atoms with Gasteiger partial charge in [-0.05, 0) is 32.9 Å².